The quantitative estimate of drug-likeness (QED) is 0.530. The van der Waals surface area contributed by atoms with Crippen molar-refractivity contribution in [1.82, 2.24) is 5.32 Å². The molecule has 0 radical (unpaired) electrons. The van der Waals surface area contributed by atoms with Gasteiger partial charge in [0.1, 0.15) is 0 Å². The van der Waals surface area contributed by atoms with Gasteiger partial charge in [-0.1, -0.05) is 31.9 Å². The van der Waals surface area contributed by atoms with Gasteiger partial charge in [-0.15, -0.1) is 0 Å². The van der Waals surface area contributed by atoms with Gasteiger partial charge in [-0.25, -0.2) is 0 Å². The van der Waals surface area contributed by atoms with E-state index in [4.69, 9.17) is 4.74 Å². The van der Waals surface area contributed by atoms with Crippen molar-refractivity contribution in [2.24, 2.45) is 0 Å². The minimum Gasteiger partial charge on any atom is -0.379 e. The van der Waals surface area contributed by atoms with E-state index in [-0.39, 0.29) is 0 Å². The van der Waals surface area contributed by atoms with Crippen molar-refractivity contribution in [3.05, 3.63) is 11.6 Å². The highest BCUT2D eigenvalue weighted by atomic mass is 16.5. The van der Waals surface area contributed by atoms with Crippen LogP contribution in [-0.4, -0.2) is 25.8 Å². The lowest BCUT2D eigenvalue weighted by molar-refractivity contribution is 0.119. The fourth-order valence-corrected chi connectivity index (χ4v) is 2.25. The van der Waals surface area contributed by atoms with Crippen LogP contribution in [0.5, 0.6) is 0 Å². The fourth-order valence-electron chi connectivity index (χ4n) is 2.25. The highest BCUT2D eigenvalue weighted by Gasteiger charge is 2.14. The summed E-state index contributed by atoms with van der Waals surface area (Å²) < 4.78 is 5.69. The van der Waals surface area contributed by atoms with E-state index in [2.05, 4.69) is 25.2 Å². The maximum atomic E-state index is 5.69. The summed E-state index contributed by atoms with van der Waals surface area (Å²) in [6.45, 7) is 7.08. The number of hydrogen-bond acceptors (Lipinski definition) is 2. The number of rotatable bonds is 7. The molecular formula is C14H27NO. The molecule has 0 aromatic carbocycles. The first-order valence-corrected chi connectivity index (χ1v) is 6.88. The van der Waals surface area contributed by atoms with Gasteiger partial charge in [0, 0.05) is 6.61 Å². The van der Waals surface area contributed by atoms with Crippen molar-refractivity contribution in [1.29, 1.82) is 0 Å². The molecule has 94 valence electrons. The minimum absolute atomic E-state index is 0.453. The van der Waals surface area contributed by atoms with Crippen molar-refractivity contribution >= 4 is 0 Å². The van der Waals surface area contributed by atoms with E-state index in [0.717, 1.165) is 26.2 Å². The Morgan fingerprint density at radius 1 is 1.31 bits per heavy atom. The van der Waals surface area contributed by atoms with Gasteiger partial charge in [-0.2, -0.15) is 0 Å². The Bertz CT molecular complexity index is 201. The Morgan fingerprint density at radius 2 is 2.19 bits per heavy atom. The van der Waals surface area contributed by atoms with E-state index >= 15 is 0 Å². The predicted molar refractivity (Wildman–Crippen MR) is 69.7 cm³/mol. The van der Waals surface area contributed by atoms with E-state index in [1.165, 1.54) is 32.1 Å². The molecule has 1 aliphatic carbocycles. The maximum absolute atomic E-state index is 5.69. The van der Waals surface area contributed by atoms with Gasteiger partial charge in [0.15, 0.2) is 0 Å². The Hall–Kier alpha value is -0.340. The number of ether oxygens (including phenoxy) is 1. The molecule has 0 saturated carbocycles. The third-order valence-electron chi connectivity index (χ3n) is 3.11. The van der Waals surface area contributed by atoms with Crippen LogP contribution in [0, 0.1) is 0 Å². The van der Waals surface area contributed by atoms with Gasteiger partial charge in [0.25, 0.3) is 0 Å². The monoisotopic (exact) mass is 225 g/mol. The van der Waals surface area contributed by atoms with E-state index < -0.39 is 0 Å². The molecule has 16 heavy (non-hydrogen) atoms. The topological polar surface area (TPSA) is 21.3 Å². The molecule has 0 fully saturated rings. The molecular weight excluding hydrogens is 198 g/mol. The minimum atomic E-state index is 0.453. The van der Waals surface area contributed by atoms with Crippen LogP contribution in [0.3, 0.4) is 0 Å². The first-order valence-electron chi connectivity index (χ1n) is 6.88. The molecule has 0 saturated heterocycles. The van der Waals surface area contributed by atoms with Crippen LogP contribution < -0.4 is 5.32 Å². The molecule has 1 atom stereocenters. The van der Waals surface area contributed by atoms with Crippen molar-refractivity contribution < 1.29 is 4.74 Å². The molecule has 2 heteroatoms. The summed E-state index contributed by atoms with van der Waals surface area (Å²) in [4.78, 5) is 0. The molecule has 0 spiro atoms. The second kappa shape index (κ2) is 8.77. The van der Waals surface area contributed by atoms with Crippen LogP contribution in [0.4, 0.5) is 0 Å². The highest BCUT2D eigenvalue weighted by molar-refractivity contribution is 5.12. The van der Waals surface area contributed by atoms with Crippen molar-refractivity contribution in [2.45, 2.75) is 58.4 Å². The van der Waals surface area contributed by atoms with Crippen molar-refractivity contribution in [3.8, 4) is 0 Å². The molecule has 1 aliphatic rings. The van der Waals surface area contributed by atoms with Crippen LogP contribution in [0.1, 0.15) is 52.4 Å². The molecule has 0 amide bonds. The maximum Gasteiger partial charge on any atom is 0.0658 e. The summed E-state index contributed by atoms with van der Waals surface area (Å²) in [7, 11) is 0. The Kier molecular flexibility index (Phi) is 7.52. The second-order valence-corrected chi connectivity index (χ2v) is 4.56. The molecule has 0 heterocycles. The molecule has 0 aromatic rings. The Balaban J connectivity index is 2.42. The zero-order valence-electron chi connectivity index (χ0n) is 10.9. The average molecular weight is 225 g/mol. The lowest BCUT2D eigenvalue weighted by atomic mass is 10.0. The number of nitrogens with one attached hydrogen (secondary N) is 1. The van der Waals surface area contributed by atoms with Crippen LogP contribution in [-0.2, 0) is 4.74 Å². The molecule has 0 bridgehead atoms. The van der Waals surface area contributed by atoms with Gasteiger partial charge in [0.05, 0.1) is 12.6 Å². The largest absolute Gasteiger partial charge is 0.379 e. The van der Waals surface area contributed by atoms with E-state index in [1.54, 1.807) is 5.57 Å². The molecule has 2 nitrogen and oxygen atoms in total. The van der Waals surface area contributed by atoms with Crippen LogP contribution in [0.15, 0.2) is 11.6 Å². The summed E-state index contributed by atoms with van der Waals surface area (Å²) in [5, 5.41) is 3.55. The molecule has 0 aromatic heterocycles. The average Bonchev–Trinajstić information content (AvgIpc) is 2.57. The lowest BCUT2D eigenvalue weighted by Gasteiger charge is -2.21. The lowest BCUT2D eigenvalue weighted by Crippen LogP contribution is -2.35. The number of hydrogen-bond donors (Lipinski definition) is 1. The van der Waals surface area contributed by atoms with E-state index in [0.29, 0.717) is 6.04 Å². The fraction of sp³-hybridized carbons (Fsp3) is 0.857. The van der Waals surface area contributed by atoms with Crippen LogP contribution >= 0.6 is 0 Å². The summed E-state index contributed by atoms with van der Waals surface area (Å²) in [5.74, 6) is 0. The smallest absolute Gasteiger partial charge is 0.0658 e. The van der Waals surface area contributed by atoms with Gasteiger partial charge in [0.2, 0.25) is 0 Å². The molecule has 1 unspecified atom stereocenters. The van der Waals surface area contributed by atoms with E-state index in [1.807, 2.05) is 0 Å². The zero-order chi connectivity index (χ0) is 11.6. The normalized spacial score (nSPS) is 19.0. The Labute approximate surface area is 100 Å². The first-order chi connectivity index (χ1) is 7.88. The van der Waals surface area contributed by atoms with E-state index in [9.17, 15) is 0 Å². The SMILES string of the molecule is CCCOCC(NCC)C1=CCCCCC1. The van der Waals surface area contributed by atoms with Crippen LogP contribution in [0.25, 0.3) is 0 Å². The standard InChI is InChI=1S/C14H27NO/c1-3-11-16-12-14(15-4-2)13-9-7-5-6-8-10-13/h9,14-15H,3-8,10-12H2,1-2H3. The van der Waals surface area contributed by atoms with Gasteiger partial charge < -0.3 is 10.1 Å². The first kappa shape index (κ1) is 13.7. The summed E-state index contributed by atoms with van der Waals surface area (Å²) >= 11 is 0. The second-order valence-electron chi connectivity index (χ2n) is 4.56. The summed E-state index contributed by atoms with van der Waals surface area (Å²) in [6.07, 6.45) is 10.2. The zero-order valence-corrected chi connectivity index (χ0v) is 10.9. The molecule has 0 aliphatic heterocycles. The van der Waals surface area contributed by atoms with Gasteiger partial charge in [-0.05, 0) is 38.6 Å². The van der Waals surface area contributed by atoms with Crippen molar-refractivity contribution in [3.63, 3.8) is 0 Å². The highest BCUT2D eigenvalue weighted by Crippen LogP contribution is 2.20. The molecule has 1 rings (SSSR count). The van der Waals surface area contributed by atoms with Crippen molar-refractivity contribution in [2.75, 3.05) is 19.8 Å². The third kappa shape index (κ3) is 5.13. The van der Waals surface area contributed by atoms with Crippen LogP contribution in [0.2, 0.25) is 0 Å². The summed E-state index contributed by atoms with van der Waals surface area (Å²) in [6, 6.07) is 0.453. The van der Waals surface area contributed by atoms with Gasteiger partial charge >= 0.3 is 0 Å². The predicted octanol–water partition coefficient (Wildman–Crippen LogP) is 3.28. The summed E-state index contributed by atoms with van der Waals surface area (Å²) in [5.41, 5.74) is 1.58. The number of allylic oxidation sites excluding steroid dienone is 1. The van der Waals surface area contributed by atoms with Gasteiger partial charge in [-0.3, -0.25) is 0 Å². The third-order valence-corrected chi connectivity index (χ3v) is 3.11. The number of likely N-dealkylation sites (N-methyl/N-ethyl adjacent to an activating group) is 1. The Morgan fingerprint density at radius 3 is 2.94 bits per heavy atom. The molecule has 1 N–H and O–H groups in total.